The highest BCUT2D eigenvalue weighted by atomic mass is 16.7. The van der Waals surface area contributed by atoms with Gasteiger partial charge in [0.05, 0.1) is 17.6 Å². The standard InChI is InChI=1S/C25H37NO10/c1-14(2)32-22(30)35-18-10-9-17(11-19(18)36-23(31)33-15(3)4)13-25(26,20(27)28)12-16(5)34-21(29)24(6,7)8/h9-11,14-16H,12-13,26H2,1-8H3,(H,27,28)/t16-,25?/m0/s1. The fraction of sp³-hybridized carbons (Fsp3) is 0.600. The maximum Gasteiger partial charge on any atom is 0.514 e. The maximum absolute atomic E-state index is 12.2. The lowest BCUT2D eigenvalue weighted by Crippen LogP contribution is -2.52. The molecule has 1 rings (SSSR count). The highest BCUT2D eigenvalue weighted by Gasteiger charge is 2.38. The molecule has 0 aliphatic carbocycles. The monoisotopic (exact) mass is 511 g/mol. The Labute approximate surface area is 211 Å². The van der Waals surface area contributed by atoms with Crippen molar-refractivity contribution in [3.8, 4) is 11.5 Å². The third-order valence-electron chi connectivity index (χ3n) is 4.58. The van der Waals surface area contributed by atoms with E-state index >= 15 is 0 Å². The fourth-order valence-electron chi connectivity index (χ4n) is 2.95. The molecule has 2 atom stereocenters. The van der Waals surface area contributed by atoms with Crippen LogP contribution in [-0.2, 0) is 30.2 Å². The van der Waals surface area contributed by atoms with Gasteiger partial charge in [-0.25, -0.2) is 9.59 Å². The molecule has 0 aliphatic heterocycles. The van der Waals surface area contributed by atoms with Crippen molar-refractivity contribution in [2.45, 2.75) is 92.1 Å². The molecule has 0 saturated carbocycles. The number of rotatable bonds is 10. The molecule has 0 aliphatic rings. The minimum atomic E-state index is -1.83. The van der Waals surface area contributed by atoms with Gasteiger partial charge in [0.1, 0.15) is 11.6 Å². The quantitative estimate of drug-likeness (QED) is 0.263. The normalized spacial score (nSPS) is 14.0. The molecule has 202 valence electrons. The molecule has 0 saturated heterocycles. The number of ether oxygens (including phenoxy) is 5. The van der Waals surface area contributed by atoms with Crippen molar-refractivity contribution < 1.29 is 48.0 Å². The molecule has 3 N–H and O–H groups in total. The SMILES string of the molecule is CC(C)OC(=O)Oc1ccc(CC(N)(C[C@H](C)OC(=O)C(C)(C)C)C(=O)O)cc1OC(=O)OC(C)C. The van der Waals surface area contributed by atoms with Crippen molar-refractivity contribution in [3.05, 3.63) is 23.8 Å². The molecular weight excluding hydrogens is 474 g/mol. The van der Waals surface area contributed by atoms with Crippen LogP contribution in [0.1, 0.15) is 67.4 Å². The van der Waals surface area contributed by atoms with Gasteiger partial charge in [0, 0.05) is 12.8 Å². The second-order valence-corrected chi connectivity index (χ2v) is 10.1. The van der Waals surface area contributed by atoms with Crippen LogP contribution in [-0.4, -0.2) is 53.2 Å². The molecule has 1 aromatic rings. The van der Waals surface area contributed by atoms with E-state index in [0.717, 1.165) is 0 Å². The molecule has 0 amide bonds. The zero-order valence-electron chi connectivity index (χ0n) is 22.1. The first-order valence-electron chi connectivity index (χ1n) is 11.6. The lowest BCUT2D eigenvalue weighted by Gasteiger charge is -2.29. The van der Waals surface area contributed by atoms with E-state index in [1.165, 1.54) is 18.2 Å². The van der Waals surface area contributed by atoms with Crippen molar-refractivity contribution in [3.63, 3.8) is 0 Å². The predicted molar refractivity (Wildman–Crippen MR) is 129 cm³/mol. The summed E-state index contributed by atoms with van der Waals surface area (Å²) in [7, 11) is 0. The third-order valence-corrected chi connectivity index (χ3v) is 4.58. The zero-order chi connectivity index (χ0) is 27.8. The average molecular weight is 512 g/mol. The average Bonchev–Trinajstić information content (AvgIpc) is 2.67. The van der Waals surface area contributed by atoms with E-state index in [-0.39, 0.29) is 24.3 Å². The summed E-state index contributed by atoms with van der Waals surface area (Å²) in [6.45, 7) is 13.1. The van der Waals surface area contributed by atoms with Gasteiger partial charge in [-0.05, 0) is 73.1 Å². The van der Waals surface area contributed by atoms with Crippen LogP contribution in [0, 0.1) is 5.41 Å². The second-order valence-electron chi connectivity index (χ2n) is 10.1. The van der Waals surface area contributed by atoms with Gasteiger partial charge < -0.3 is 34.5 Å². The molecule has 0 bridgehead atoms. The molecular formula is C25H37NO10. The molecule has 0 fully saturated rings. The summed E-state index contributed by atoms with van der Waals surface area (Å²) in [4.78, 5) is 48.3. The van der Waals surface area contributed by atoms with Crippen molar-refractivity contribution in [1.29, 1.82) is 0 Å². The van der Waals surface area contributed by atoms with Crippen LogP contribution < -0.4 is 15.2 Å². The van der Waals surface area contributed by atoms with Crippen molar-refractivity contribution in [2.75, 3.05) is 0 Å². The highest BCUT2D eigenvalue weighted by Crippen LogP contribution is 2.32. The number of aliphatic carboxylic acids is 1. The fourth-order valence-corrected chi connectivity index (χ4v) is 2.95. The van der Waals surface area contributed by atoms with E-state index in [4.69, 9.17) is 29.4 Å². The van der Waals surface area contributed by atoms with Gasteiger partial charge in [0.15, 0.2) is 11.5 Å². The van der Waals surface area contributed by atoms with Gasteiger partial charge in [0.2, 0.25) is 0 Å². The van der Waals surface area contributed by atoms with E-state index in [0.29, 0.717) is 5.56 Å². The van der Waals surface area contributed by atoms with Crippen LogP contribution in [0.4, 0.5) is 9.59 Å². The summed E-state index contributed by atoms with van der Waals surface area (Å²) in [6.07, 6.45) is -4.19. The minimum absolute atomic E-state index is 0.143. The first kappa shape index (κ1) is 30.7. The van der Waals surface area contributed by atoms with Crippen LogP contribution in [0.15, 0.2) is 18.2 Å². The largest absolute Gasteiger partial charge is 0.514 e. The molecule has 0 spiro atoms. The van der Waals surface area contributed by atoms with Crippen molar-refractivity contribution in [2.24, 2.45) is 11.1 Å². The lowest BCUT2D eigenvalue weighted by atomic mass is 9.86. The van der Waals surface area contributed by atoms with E-state index in [9.17, 15) is 24.3 Å². The van der Waals surface area contributed by atoms with Crippen LogP contribution in [0.5, 0.6) is 11.5 Å². The van der Waals surface area contributed by atoms with Gasteiger partial charge in [-0.2, -0.15) is 0 Å². The highest BCUT2D eigenvalue weighted by molar-refractivity contribution is 5.79. The number of benzene rings is 1. The zero-order valence-corrected chi connectivity index (χ0v) is 22.1. The summed E-state index contributed by atoms with van der Waals surface area (Å²) in [6, 6.07) is 4.10. The minimum Gasteiger partial charge on any atom is -0.480 e. The molecule has 0 aromatic heterocycles. The van der Waals surface area contributed by atoms with Gasteiger partial charge in [-0.3, -0.25) is 9.59 Å². The Morgan fingerprint density at radius 2 is 1.36 bits per heavy atom. The van der Waals surface area contributed by atoms with E-state index in [1.807, 2.05) is 0 Å². The second kappa shape index (κ2) is 12.6. The number of hydrogen-bond acceptors (Lipinski definition) is 10. The Morgan fingerprint density at radius 1 is 0.861 bits per heavy atom. The number of esters is 1. The van der Waals surface area contributed by atoms with Crippen molar-refractivity contribution in [1.82, 2.24) is 0 Å². The van der Waals surface area contributed by atoms with Crippen molar-refractivity contribution >= 4 is 24.2 Å². The number of hydrogen-bond donors (Lipinski definition) is 2. The van der Waals surface area contributed by atoms with Gasteiger partial charge in [0.25, 0.3) is 0 Å². The summed E-state index contributed by atoms with van der Waals surface area (Å²) in [5, 5.41) is 9.85. The number of carboxylic acids is 1. The smallest absolute Gasteiger partial charge is 0.480 e. The van der Waals surface area contributed by atoms with Crippen LogP contribution in [0.3, 0.4) is 0 Å². The number of carbonyl (C=O) groups excluding carboxylic acids is 3. The molecule has 36 heavy (non-hydrogen) atoms. The number of nitrogens with two attached hydrogens (primary N) is 1. The van der Waals surface area contributed by atoms with Crippen LogP contribution >= 0.6 is 0 Å². The maximum atomic E-state index is 12.2. The molecule has 1 unspecified atom stereocenters. The topological polar surface area (TPSA) is 161 Å². The molecule has 0 radical (unpaired) electrons. The lowest BCUT2D eigenvalue weighted by molar-refractivity contribution is -0.160. The summed E-state index contributed by atoms with van der Waals surface area (Å²) in [5.74, 6) is -2.14. The van der Waals surface area contributed by atoms with E-state index in [2.05, 4.69) is 0 Å². The van der Waals surface area contributed by atoms with E-state index in [1.54, 1.807) is 55.4 Å². The molecule has 1 aromatic carbocycles. The van der Waals surface area contributed by atoms with E-state index < -0.39 is 53.5 Å². The number of carbonyl (C=O) groups is 4. The Balaban J connectivity index is 3.22. The Hall–Kier alpha value is -3.34. The predicted octanol–water partition coefficient (Wildman–Crippen LogP) is 4.23. The van der Waals surface area contributed by atoms with Crippen LogP contribution in [0.25, 0.3) is 0 Å². The van der Waals surface area contributed by atoms with Gasteiger partial charge >= 0.3 is 24.2 Å². The van der Waals surface area contributed by atoms with Gasteiger partial charge in [-0.1, -0.05) is 6.07 Å². The number of carboxylic acid groups (broad SMARTS) is 1. The molecule has 0 heterocycles. The Kier molecular flexibility index (Phi) is 10.7. The molecule has 11 nitrogen and oxygen atoms in total. The first-order chi connectivity index (χ1) is 16.4. The Bertz CT molecular complexity index is 951. The summed E-state index contributed by atoms with van der Waals surface area (Å²) >= 11 is 0. The Morgan fingerprint density at radius 3 is 1.81 bits per heavy atom. The van der Waals surface area contributed by atoms with Gasteiger partial charge in [-0.15, -0.1) is 0 Å². The summed E-state index contributed by atoms with van der Waals surface area (Å²) < 4.78 is 25.6. The van der Waals surface area contributed by atoms with Crippen LogP contribution in [0.2, 0.25) is 0 Å². The third kappa shape index (κ3) is 10.1. The summed E-state index contributed by atoms with van der Waals surface area (Å²) in [5.41, 5.74) is 3.98. The molecule has 11 heteroatoms. The first-order valence-corrected chi connectivity index (χ1v) is 11.6.